The van der Waals surface area contributed by atoms with Crippen molar-refractivity contribution in [3.05, 3.63) is 134 Å². The van der Waals surface area contributed by atoms with Crippen molar-refractivity contribution in [1.82, 2.24) is 0 Å². The normalized spacial score (nSPS) is 13.6. The highest BCUT2D eigenvalue weighted by atomic mass is 16.7. The monoisotopic (exact) mass is 1150 g/mol. The average Bonchev–Trinajstić information content (AvgIpc) is 3.46. The van der Waals surface area contributed by atoms with E-state index in [1.807, 2.05) is 21.1 Å². The first kappa shape index (κ1) is 78.4. The number of hydrogen-bond acceptors (Lipinski definition) is 8. The molecule has 0 radical (unpaired) electrons. The third-order valence-electron chi connectivity index (χ3n) is 13.9. The van der Waals surface area contributed by atoms with Crippen molar-refractivity contribution >= 4 is 17.9 Å². The minimum atomic E-state index is -1.63. The Kier molecular flexibility index (Phi) is 60.0. The number of esters is 2. The van der Waals surface area contributed by atoms with E-state index in [9.17, 15) is 19.5 Å². The lowest BCUT2D eigenvalue weighted by Gasteiger charge is -2.26. The lowest BCUT2D eigenvalue weighted by molar-refractivity contribution is -0.870. The predicted molar refractivity (Wildman–Crippen MR) is 352 cm³/mol. The van der Waals surface area contributed by atoms with E-state index in [4.69, 9.17) is 18.9 Å². The summed E-state index contributed by atoms with van der Waals surface area (Å²) in [6, 6.07) is 0. The van der Waals surface area contributed by atoms with Crippen LogP contribution >= 0.6 is 0 Å². The van der Waals surface area contributed by atoms with E-state index in [0.29, 0.717) is 17.4 Å². The second kappa shape index (κ2) is 63.5. The molecule has 0 saturated carbocycles. The van der Waals surface area contributed by atoms with E-state index in [-0.39, 0.29) is 38.6 Å². The molecule has 9 heteroatoms. The summed E-state index contributed by atoms with van der Waals surface area (Å²) in [6.07, 6.45) is 88.0. The molecule has 0 aromatic heterocycles. The molecule has 2 atom stereocenters. The number of carboxylic acid groups (broad SMARTS) is 1. The lowest BCUT2D eigenvalue weighted by atomic mass is 10.0. The Bertz CT molecular complexity index is 1820. The lowest BCUT2D eigenvalue weighted by Crippen LogP contribution is -2.44. The average molecular weight is 1150 g/mol. The number of carboxylic acids is 1. The van der Waals surface area contributed by atoms with Gasteiger partial charge in [0.2, 0.25) is 0 Å². The van der Waals surface area contributed by atoms with Crippen LogP contribution in [0.3, 0.4) is 0 Å². The van der Waals surface area contributed by atoms with Gasteiger partial charge in [0.25, 0.3) is 0 Å². The Labute approximate surface area is 509 Å². The Hall–Kier alpha value is -4.57. The van der Waals surface area contributed by atoms with Gasteiger partial charge in [-0.3, -0.25) is 9.59 Å². The number of carbonyl (C=O) groups is 3. The van der Waals surface area contributed by atoms with Crippen LogP contribution in [0.2, 0.25) is 0 Å². The van der Waals surface area contributed by atoms with Gasteiger partial charge in [0.15, 0.2) is 12.4 Å². The quantitative estimate of drug-likeness (QED) is 0.0195. The third kappa shape index (κ3) is 64.8. The third-order valence-corrected chi connectivity index (χ3v) is 13.9. The van der Waals surface area contributed by atoms with E-state index in [2.05, 4.69) is 148 Å². The zero-order valence-electron chi connectivity index (χ0n) is 53.8. The fourth-order valence-electron chi connectivity index (χ4n) is 8.86. The van der Waals surface area contributed by atoms with E-state index < -0.39 is 24.3 Å². The van der Waals surface area contributed by atoms with Gasteiger partial charge in [0, 0.05) is 12.8 Å². The van der Waals surface area contributed by atoms with Gasteiger partial charge in [-0.25, -0.2) is 0 Å². The van der Waals surface area contributed by atoms with Crippen molar-refractivity contribution in [2.75, 3.05) is 47.5 Å². The molecule has 0 spiro atoms. The standard InChI is InChI=1S/C74H123NO8/c1-6-8-10-12-14-16-18-20-22-24-26-28-30-32-34-36-38-40-42-44-46-48-50-52-54-56-58-60-62-64-71(76)81-68-70(69-82-74(73(78)79)80-67-66-75(3,4)5)83-72(77)65-63-61-59-57-55-53-51-49-47-45-43-41-39-37-35-33-31-29-27-25-23-21-19-17-15-13-11-9-7-2/h8-11,14-17,20-23,26-29,33,35,39,41,45,47,70,74H,6-7,12-13,18-19,24-25,30-32,34,36-38,40,42-44,46,48-69H2,1-5H3/b10-8-,11-9-,16-14-,17-15-,22-20-,23-21-,28-26-,29-27-,35-33-,41-39-,47-45-. The van der Waals surface area contributed by atoms with Crippen LogP contribution < -0.4 is 5.11 Å². The summed E-state index contributed by atoms with van der Waals surface area (Å²) in [4.78, 5) is 37.5. The summed E-state index contributed by atoms with van der Waals surface area (Å²) in [7, 11) is 5.92. The zero-order chi connectivity index (χ0) is 60.5. The molecule has 0 aliphatic heterocycles. The van der Waals surface area contributed by atoms with Crippen LogP contribution in [0.4, 0.5) is 0 Å². The van der Waals surface area contributed by atoms with Crippen molar-refractivity contribution in [3.8, 4) is 0 Å². The number of nitrogens with zero attached hydrogens (tertiary/aromatic N) is 1. The van der Waals surface area contributed by atoms with Crippen LogP contribution in [0, 0.1) is 0 Å². The molecule has 0 bridgehead atoms. The van der Waals surface area contributed by atoms with Gasteiger partial charge in [-0.1, -0.05) is 270 Å². The van der Waals surface area contributed by atoms with Crippen LogP contribution in [-0.4, -0.2) is 82.3 Å². The van der Waals surface area contributed by atoms with Crippen molar-refractivity contribution in [3.63, 3.8) is 0 Å². The smallest absolute Gasteiger partial charge is 0.306 e. The molecule has 0 aromatic carbocycles. The first-order valence-corrected chi connectivity index (χ1v) is 33.3. The van der Waals surface area contributed by atoms with Gasteiger partial charge >= 0.3 is 11.9 Å². The van der Waals surface area contributed by atoms with E-state index >= 15 is 0 Å². The maximum atomic E-state index is 12.9. The predicted octanol–water partition coefficient (Wildman–Crippen LogP) is 19.2. The topological polar surface area (TPSA) is 111 Å². The zero-order valence-corrected chi connectivity index (χ0v) is 53.8. The molecule has 9 nitrogen and oxygen atoms in total. The van der Waals surface area contributed by atoms with E-state index in [0.717, 1.165) is 116 Å². The molecule has 0 saturated heterocycles. The molecule has 0 heterocycles. The molecule has 0 aromatic rings. The molecule has 83 heavy (non-hydrogen) atoms. The van der Waals surface area contributed by atoms with E-state index in [1.165, 1.54) is 109 Å². The Morgan fingerprint density at radius 1 is 0.361 bits per heavy atom. The number of hydrogen-bond donors (Lipinski definition) is 0. The van der Waals surface area contributed by atoms with Gasteiger partial charge in [-0.2, -0.15) is 0 Å². The Morgan fingerprint density at radius 2 is 0.651 bits per heavy atom. The molecule has 2 unspecified atom stereocenters. The highest BCUT2D eigenvalue weighted by molar-refractivity contribution is 5.70. The highest BCUT2D eigenvalue weighted by Crippen LogP contribution is 2.16. The summed E-state index contributed by atoms with van der Waals surface area (Å²) in [5.74, 6) is -2.30. The Balaban J connectivity index is 4.20. The fourth-order valence-corrected chi connectivity index (χ4v) is 8.86. The largest absolute Gasteiger partial charge is 0.545 e. The van der Waals surface area contributed by atoms with E-state index in [1.54, 1.807) is 0 Å². The first-order valence-electron chi connectivity index (χ1n) is 33.3. The Morgan fingerprint density at radius 3 is 0.964 bits per heavy atom. The summed E-state index contributed by atoms with van der Waals surface area (Å²) in [6.45, 7) is 4.51. The molecule has 0 amide bonds. The van der Waals surface area contributed by atoms with Gasteiger partial charge in [-0.15, -0.1) is 0 Å². The number of carbonyl (C=O) groups excluding carboxylic acids is 3. The summed E-state index contributed by atoms with van der Waals surface area (Å²) in [5, 5.41) is 11.8. The van der Waals surface area contributed by atoms with Crippen LogP contribution in [-0.2, 0) is 33.3 Å². The number of likely N-dealkylation sites (N-methyl/N-ethyl adjacent to an activating group) is 1. The molecule has 0 aliphatic rings. The molecule has 472 valence electrons. The second-order valence-electron chi connectivity index (χ2n) is 23.0. The van der Waals surface area contributed by atoms with Gasteiger partial charge in [0.05, 0.1) is 40.3 Å². The number of ether oxygens (including phenoxy) is 4. The molecular formula is C74H123NO8. The van der Waals surface area contributed by atoms with Crippen LogP contribution in [0.25, 0.3) is 0 Å². The SMILES string of the molecule is CC/C=C\C/C=C\C/C=C\C/C=C\C/C=C\C/C=C\C/C=C\CCCCCCCCCC(=O)OC(COC(=O)CCCCCCCCCCCCCCCCCC/C=C\C/C=C\C/C=C\C/C=C\CC)COC(OCC[N+](C)(C)C)C(=O)[O-]. The summed E-state index contributed by atoms with van der Waals surface area (Å²) in [5.41, 5.74) is 0. The van der Waals surface area contributed by atoms with Crippen LogP contribution in [0.15, 0.2) is 134 Å². The minimum Gasteiger partial charge on any atom is -0.545 e. The van der Waals surface area contributed by atoms with Crippen molar-refractivity contribution in [2.24, 2.45) is 0 Å². The molecule has 0 rings (SSSR count). The number of rotatable bonds is 60. The number of allylic oxidation sites excluding steroid dienone is 22. The van der Waals surface area contributed by atoms with Crippen LogP contribution in [0.5, 0.6) is 0 Å². The van der Waals surface area contributed by atoms with Gasteiger partial charge < -0.3 is 33.3 Å². The van der Waals surface area contributed by atoms with Gasteiger partial charge in [0.1, 0.15) is 13.2 Å². The summed E-state index contributed by atoms with van der Waals surface area (Å²) >= 11 is 0. The molecule has 0 fully saturated rings. The minimum absolute atomic E-state index is 0.139. The summed E-state index contributed by atoms with van der Waals surface area (Å²) < 4.78 is 22.8. The maximum absolute atomic E-state index is 12.9. The fraction of sp³-hybridized carbons (Fsp3) is 0.662. The molecular weight excluding hydrogens is 1030 g/mol. The number of aliphatic carboxylic acids is 1. The molecule has 0 N–H and O–H groups in total. The van der Waals surface area contributed by atoms with Crippen molar-refractivity contribution in [2.45, 2.75) is 270 Å². The van der Waals surface area contributed by atoms with Crippen molar-refractivity contribution < 1.29 is 42.9 Å². The molecule has 0 aliphatic carbocycles. The highest BCUT2D eigenvalue weighted by Gasteiger charge is 2.22. The number of quaternary nitrogens is 1. The van der Waals surface area contributed by atoms with Crippen LogP contribution in [0.1, 0.15) is 258 Å². The first-order chi connectivity index (χ1) is 40.6. The van der Waals surface area contributed by atoms with Gasteiger partial charge in [-0.05, 0) is 109 Å². The van der Waals surface area contributed by atoms with Crippen molar-refractivity contribution in [1.29, 1.82) is 0 Å². The number of unbranched alkanes of at least 4 members (excludes halogenated alkanes) is 23. The maximum Gasteiger partial charge on any atom is 0.306 e. The second-order valence-corrected chi connectivity index (χ2v) is 23.0.